The minimum atomic E-state index is -3.54. The predicted octanol–water partition coefficient (Wildman–Crippen LogP) is 11.6. The molecule has 0 radical (unpaired) electrons. The Kier molecular flexibility index (Phi) is 16.2. The molecule has 45 heavy (non-hydrogen) atoms. The summed E-state index contributed by atoms with van der Waals surface area (Å²) in [5.41, 5.74) is 1.41. The molecule has 0 aromatic rings. The normalized spacial score (nSPS) is 35.0. The molecule has 3 aliphatic rings. The highest BCUT2D eigenvalue weighted by molar-refractivity contribution is 6.53. The van der Waals surface area contributed by atoms with E-state index in [1.165, 1.54) is 50.5 Å². The highest BCUT2D eigenvalue weighted by Gasteiger charge is 2.56. The van der Waals surface area contributed by atoms with Gasteiger partial charge in [-0.25, -0.2) is 0 Å². The van der Waals surface area contributed by atoms with Crippen molar-refractivity contribution in [1.82, 2.24) is 0 Å². The lowest BCUT2D eigenvalue weighted by molar-refractivity contribution is -0.143. The fourth-order valence-corrected chi connectivity index (χ4v) is 11.3. The summed E-state index contributed by atoms with van der Waals surface area (Å²) < 4.78 is 29.7. The van der Waals surface area contributed by atoms with Crippen molar-refractivity contribution < 1.29 is 17.7 Å². The highest BCUT2D eigenvalue weighted by atomic mass is 28.4. The van der Waals surface area contributed by atoms with Crippen LogP contribution in [0.3, 0.4) is 0 Å². The summed E-state index contributed by atoms with van der Waals surface area (Å²) in [4.78, 5) is 0. The first kappa shape index (κ1) is 39.2. The summed E-state index contributed by atoms with van der Waals surface area (Å²) in [5, 5.41) is 0. The molecule has 0 aromatic heterocycles. The van der Waals surface area contributed by atoms with Gasteiger partial charge in [-0.05, 0) is 131 Å². The molecule has 3 aliphatic carbocycles. The van der Waals surface area contributed by atoms with Gasteiger partial charge in [0.05, 0.1) is 18.3 Å². The van der Waals surface area contributed by atoms with Crippen LogP contribution >= 0.6 is 0 Å². The second-order valence-electron chi connectivity index (χ2n) is 17.5. The molecule has 3 fully saturated rings. The lowest BCUT2D eigenvalue weighted by Gasteiger charge is -2.47. The number of allylic oxidation sites excluding steroid dienone is 2. The van der Waals surface area contributed by atoms with Crippen molar-refractivity contribution in [3.8, 4) is 0 Å². The Labute approximate surface area is 282 Å². The van der Waals surface area contributed by atoms with Gasteiger partial charge >= 0.3 is 9.05 Å². The van der Waals surface area contributed by atoms with Gasteiger partial charge in [0.25, 0.3) is 0 Å². The molecule has 0 bridgehead atoms. The summed E-state index contributed by atoms with van der Waals surface area (Å²) in [7, 11) is -3.54. The Bertz CT molecular complexity index is 783. The molecule has 4 nitrogen and oxygen atoms in total. The van der Waals surface area contributed by atoms with Gasteiger partial charge in [-0.3, -0.25) is 0 Å². The van der Waals surface area contributed by atoms with Crippen molar-refractivity contribution in [2.75, 3.05) is 6.61 Å². The van der Waals surface area contributed by atoms with Crippen LogP contribution in [0.4, 0.5) is 0 Å². The van der Waals surface area contributed by atoms with Gasteiger partial charge in [0.1, 0.15) is 0 Å². The molecule has 0 heterocycles. The van der Waals surface area contributed by atoms with E-state index in [0.29, 0.717) is 65.8 Å². The second-order valence-corrected chi connectivity index (χ2v) is 19.5. The van der Waals surface area contributed by atoms with Crippen LogP contribution in [-0.4, -0.2) is 34.0 Å². The molecule has 10 unspecified atom stereocenters. The van der Waals surface area contributed by atoms with Crippen molar-refractivity contribution in [2.45, 2.75) is 178 Å². The molecule has 3 rings (SSSR count). The molecule has 264 valence electrons. The Morgan fingerprint density at radius 2 is 0.978 bits per heavy atom. The fraction of sp³-hybridized carbons (Fsp3) is 0.950. The first-order valence-electron chi connectivity index (χ1n) is 19.5. The molecule has 0 saturated heterocycles. The molecule has 3 saturated carbocycles. The van der Waals surface area contributed by atoms with Gasteiger partial charge in [0.15, 0.2) is 0 Å². The van der Waals surface area contributed by atoms with Crippen LogP contribution in [0.1, 0.15) is 160 Å². The average Bonchev–Trinajstić information content (AvgIpc) is 2.92. The van der Waals surface area contributed by atoms with Crippen molar-refractivity contribution in [3.63, 3.8) is 0 Å². The monoisotopic (exact) mass is 649 g/mol. The van der Waals surface area contributed by atoms with Crippen molar-refractivity contribution in [1.29, 1.82) is 0 Å². The van der Waals surface area contributed by atoms with Crippen molar-refractivity contribution in [3.05, 3.63) is 11.6 Å². The molecular formula is C40H76O4Si. The second kappa shape index (κ2) is 18.5. The first-order valence-corrected chi connectivity index (χ1v) is 21.1. The Morgan fingerprint density at radius 1 is 0.600 bits per heavy atom. The minimum Gasteiger partial charge on any atom is -0.351 e. The van der Waals surface area contributed by atoms with Crippen LogP contribution in [0, 0.1) is 59.2 Å². The lowest BCUT2D eigenvalue weighted by atomic mass is 9.75. The van der Waals surface area contributed by atoms with Crippen LogP contribution in [0.25, 0.3) is 0 Å². The number of hydrogen-bond acceptors (Lipinski definition) is 4. The van der Waals surface area contributed by atoms with Crippen molar-refractivity contribution in [2.24, 2.45) is 59.2 Å². The zero-order valence-corrected chi connectivity index (χ0v) is 32.9. The maximum Gasteiger partial charge on any atom is 0.680 e. The van der Waals surface area contributed by atoms with E-state index in [4.69, 9.17) is 17.7 Å². The molecule has 10 atom stereocenters. The number of hydrogen-bond donors (Lipinski definition) is 0. The van der Waals surface area contributed by atoms with E-state index in [1.54, 1.807) is 0 Å². The van der Waals surface area contributed by atoms with E-state index in [1.807, 2.05) is 0 Å². The van der Waals surface area contributed by atoms with Crippen molar-refractivity contribution >= 4 is 9.05 Å². The van der Waals surface area contributed by atoms with Gasteiger partial charge in [-0.1, -0.05) is 100 Å². The standard InChI is InChI=1S/C40H76O4Si/c1-27(2)14-13-15-31(9)22-23-41-45(42-38-24-32(10)16-19-35(38)28(3)4,43-39-25-33(11)17-20-36(39)29(5)6)44-40-26-34(12)18-21-37(40)30(7)8/h14,28-40H,13,15-26H2,1-12H3. The van der Waals surface area contributed by atoms with Crippen LogP contribution in [0.15, 0.2) is 11.6 Å². The third-order valence-electron chi connectivity index (χ3n) is 11.9. The van der Waals surface area contributed by atoms with Gasteiger partial charge in [-0.2, -0.15) is 0 Å². The zero-order valence-electron chi connectivity index (χ0n) is 31.9. The molecule has 0 aromatic carbocycles. The van der Waals surface area contributed by atoms with Gasteiger partial charge in [-0.15, -0.1) is 0 Å². The Morgan fingerprint density at radius 3 is 1.31 bits per heavy atom. The lowest BCUT2D eigenvalue weighted by Crippen LogP contribution is -2.60. The summed E-state index contributed by atoms with van der Waals surface area (Å²) in [5.74, 6) is 5.81. The molecule has 5 heteroatoms. The Hall–Kier alpha value is -0.203. The van der Waals surface area contributed by atoms with Crippen LogP contribution in [0.5, 0.6) is 0 Å². The van der Waals surface area contributed by atoms with E-state index in [-0.39, 0.29) is 18.3 Å². The van der Waals surface area contributed by atoms with Crippen LogP contribution in [-0.2, 0) is 17.7 Å². The largest absolute Gasteiger partial charge is 0.680 e. The maximum atomic E-state index is 7.51. The first-order chi connectivity index (χ1) is 21.2. The van der Waals surface area contributed by atoms with Gasteiger partial charge in [0, 0.05) is 6.61 Å². The molecule has 0 spiro atoms. The van der Waals surface area contributed by atoms with E-state index in [0.717, 1.165) is 32.1 Å². The third-order valence-corrected chi connectivity index (χ3v) is 14.2. The molecule has 0 N–H and O–H groups in total. The van der Waals surface area contributed by atoms with Gasteiger partial charge in [0.2, 0.25) is 0 Å². The molecule has 0 aliphatic heterocycles. The third kappa shape index (κ3) is 12.3. The zero-order chi connectivity index (χ0) is 33.3. The fourth-order valence-electron chi connectivity index (χ4n) is 8.68. The van der Waals surface area contributed by atoms with Gasteiger partial charge < -0.3 is 17.7 Å². The highest BCUT2D eigenvalue weighted by Crippen LogP contribution is 2.43. The minimum absolute atomic E-state index is 0.132. The number of rotatable bonds is 16. The van der Waals surface area contributed by atoms with Crippen LogP contribution < -0.4 is 0 Å². The SMILES string of the molecule is CC(C)=CCCC(C)CCO[Si](OC1CC(C)CCC1C(C)C)(OC1CC(C)CCC1C(C)C)OC1CC(C)CCC1C(C)C. The summed E-state index contributed by atoms with van der Waals surface area (Å²) >= 11 is 0. The van der Waals surface area contributed by atoms with E-state index in [9.17, 15) is 0 Å². The van der Waals surface area contributed by atoms with E-state index < -0.39 is 9.05 Å². The Balaban J connectivity index is 2.00. The van der Waals surface area contributed by atoms with E-state index >= 15 is 0 Å². The summed E-state index contributed by atoms with van der Waals surface area (Å²) in [6, 6.07) is 0. The summed E-state index contributed by atoms with van der Waals surface area (Å²) in [6.45, 7) is 28.9. The van der Waals surface area contributed by atoms with Crippen LogP contribution in [0.2, 0.25) is 0 Å². The quantitative estimate of drug-likeness (QED) is 0.123. The maximum absolute atomic E-state index is 7.51. The summed E-state index contributed by atoms with van der Waals surface area (Å²) in [6.07, 6.45) is 16.9. The molecular weight excluding hydrogens is 573 g/mol. The topological polar surface area (TPSA) is 36.9 Å². The average molecular weight is 649 g/mol. The smallest absolute Gasteiger partial charge is 0.351 e. The van der Waals surface area contributed by atoms with E-state index in [2.05, 4.69) is 89.2 Å². The molecule has 0 amide bonds. The predicted molar refractivity (Wildman–Crippen MR) is 193 cm³/mol.